The number of carboxylic acids is 1. The van der Waals surface area contributed by atoms with Crippen molar-refractivity contribution < 1.29 is 14.8 Å². The highest BCUT2D eigenvalue weighted by Gasteiger charge is 2.28. The Labute approximate surface area is 95.8 Å². The molecular formula is C8H10ClN3O4. The Morgan fingerprint density at radius 3 is 2.56 bits per heavy atom. The molecule has 7 nitrogen and oxygen atoms in total. The second kappa shape index (κ2) is 4.48. The first-order valence-electron chi connectivity index (χ1n) is 4.47. The van der Waals surface area contributed by atoms with Gasteiger partial charge in [-0.3, -0.25) is 14.9 Å². The van der Waals surface area contributed by atoms with Gasteiger partial charge in [0.05, 0.1) is 4.92 Å². The first kappa shape index (κ1) is 12.4. The molecule has 1 aromatic heterocycles. The summed E-state index contributed by atoms with van der Waals surface area (Å²) in [5.74, 6) is -1.36. The third-order valence-corrected chi connectivity index (χ3v) is 2.28. The fourth-order valence-corrected chi connectivity index (χ4v) is 1.50. The summed E-state index contributed by atoms with van der Waals surface area (Å²) >= 11 is 5.71. The zero-order chi connectivity index (χ0) is 12.5. The number of aromatic nitrogens is 2. The van der Waals surface area contributed by atoms with Crippen molar-refractivity contribution in [2.45, 2.75) is 26.3 Å². The van der Waals surface area contributed by atoms with E-state index in [1.54, 1.807) is 13.8 Å². The minimum atomic E-state index is -1.16. The molecule has 0 saturated heterocycles. The average molecular weight is 248 g/mol. The maximum Gasteiger partial charge on any atom is 0.329 e. The van der Waals surface area contributed by atoms with Gasteiger partial charge >= 0.3 is 11.7 Å². The number of hydrogen-bond acceptors (Lipinski definition) is 4. The highest BCUT2D eigenvalue weighted by Crippen LogP contribution is 2.32. The van der Waals surface area contributed by atoms with Crippen LogP contribution in [-0.2, 0) is 11.3 Å². The quantitative estimate of drug-likeness (QED) is 0.644. The smallest absolute Gasteiger partial charge is 0.329 e. The van der Waals surface area contributed by atoms with Crippen LogP contribution in [0, 0.1) is 10.1 Å². The van der Waals surface area contributed by atoms with Crippen LogP contribution in [0.3, 0.4) is 0 Å². The summed E-state index contributed by atoms with van der Waals surface area (Å²) in [4.78, 5) is 20.6. The van der Waals surface area contributed by atoms with E-state index < -0.39 is 17.4 Å². The van der Waals surface area contributed by atoms with Gasteiger partial charge in [0.25, 0.3) is 0 Å². The van der Waals surface area contributed by atoms with Crippen molar-refractivity contribution in [3.63, 3.8) is 0 Å². The van der Waals surface area contributed by atoms with Crippen molar-refractivity contribution in [1.82, 2.24) is 9.78 Å². The van der Waals surface area contributed by atoms with E-state index in [9.17, 15) is 14.9 Å². The molecule has 16 heavy (non-hydrogen) atoms. The number of carbonyl (C=O) groups is 1. The standard InChI is InChI=1S/C8H10ClN3O4/c1-4(2)6-7(12(15)16)8(9)11(10-6)3-5(13)14/h4H,3H2,1-2H3,(H,13,14). The van der Waals surface area contributed by atoms with E-state index in [1.807, 2.05) is 0 Å². The van der Waals surface area contributed by atoms with Gasteiger partial charge in [0.15, 0.2) is 0 Å². The summed E-state index contributed by atoms with van der Waals surface area (Å²) in [6, 6.07) is 0. The molecule has 0 aliphatic heterocycles. The first-order valence-corrected chi connectivity index (χ1v) is 4.84. The Morgan fingerprint density at radius 1 is 1.69 bits per heavy atom. The van der Waals surface area contributed by atoms with Crippen molar-refractivity contribution in [2.24, 2.45) is 0 Å². The van der Waals surface area contributed by atoms with Gasteiger partial charge < -0.3 is 5.11 Å². The fraction of sp³-hybridized carbons (Fsp3) is 0.500. The monoisotopic (exact) mass is 247 g/mol. The summed E-state index contributed by atoms with van der Waals surface area (Å²) in [7, 11) is 0. The number of rotatable bonds is 4. The average Bonchev–Trinajstić information content (AvgIpc) is 2.43. The van der Waals surface area contributed by atoms with Crippen molar-refractivity contribution >= 4 is 23.3 Å². The molecule has 0 saturated carbocycles. The minimum absolute atomic E-state index is 0.191. The SMILES string of the molecule is CC(C)c1nn(CC(=O)O)c(Cl)c1[N+](=O)[O-]. The molecule has 0 unspecified atom stereocenters. The van der Waals surface area contributed by atoms with E-state index in [-0.39, 0.29) is 22.5 Å². The summed E-state index contributed by atoms with van der Waals surface area (Å²) in [5, 5.41) is 22.9. The third-order valence-electron chi connectivity index (χ3n) is 1.91. The number of carboxylic acid groups (broad SMARTS) is 1. The summed E-state index contributed by atoms with van der Waals surface area (Å²) in [6.07, 6.45) is 0. The lowest BCUT2D eigenvalue weighted by molar-refractivity contribution is -0.385. The Morgan fingerprint density at radius 2 is 2.25 bits per heavy atom. The summed E-state index contributed by atoms with van der Waals surface area (Å²) < 4.78 is 0.914. The fourth-order valence-electron chi connectivity index (χ4n) is 1.24. The van der Waals surface area contributed by atoms with Crippen LogP contribution in [-0.4, -0.2) is 25.8 Å². The number of aliphatic carboxylic acids is 1. The van der Waals surface area contributed by atoms with Crippen LogP contribution in [0.5, 0.6) is 0 Å². The predicted molar refractivity (Wildman–Crippen MR) is 55.6 cm³/mol. The lowest BCUT2D eigenvalue weighted by atomic mass is 10.1. The zero-order valence-electron chi connectivity index (χ0n) is 8.68. The van der Waals surface area contributed by atoms with Gasteiger partial charge in [0.2, 0.25) is 5.15 Å². The van der Waals surface area contributed by atoms with E-state index in [2.05, 4.69) is 5.10 Å². The second-order valence-electron chi connectivity index (χ2n) is 3.49. The summed E-state index contributed by atoms with van der Waals surface area (Å²) in [6.45, 7) is 2.94. The van der Waals surface area contributed by atoms with Crippen LogP contribution in [0.2, 0.25) is 5.15 Å². The van der Waals surface area contributed by atoms with Crippen LogP contribution in [0.15, 0.2) is 0 Å². The van der Waals surface area contributed by atoms with E-state index in [0.717, 1.165) is 4.68 Å². The van der Waals surface area contributed by atoms with Crippen molar-refractivity contribution in [1.29, 1.82) is 0 Å². The molecule has 0 atom stereocenters. The van der Waals surface area contributed by atoms with Crippen LogP contribution < -0.4 is 0 Å². The molecule has 0 aliphatic carbocycles. The molecule has 0 aromatic carbocycles. The minimum Gasteiger partial charge on any atom is -0.480 e. The van der Waals surface area contributed by atoms with Crippen LogP contribution in [0.1, 0.15) is 25.5 Å². The van der Waals surface area contributed by atoms with Crippen LogP contribution in [0.4, 0.5) is 5.69 Å². The Balaban J connectivity index is 3.29. The molecule has 1 aromatic rings. The molecule has 1 heterocycles. The Hall–Kier alpha value is -1.63. The molecule has 8 heteroatoms. The normalized spacial score (nSPS) is 10.8. The number of halogens is 1. The van der Waals surface area contributed by atoms with E-state index >= 15 is 0 Å². The largest absolute Gasteiger partial charge is 0.480 e. The molecular weight excluding hydrogens is 238 g/mol. The van der Waals surface area contributed by atoms with E-state index in [1.165, 1.54) is 0 Å². The van der Waals surface area contributed by atoms with Gasteiger partial charge in [0, 0.05) is 5.92 Å². The number of nitro groups is 1. The maximum absolute atomic E-state index is 10.8. The van der Waals surface area contributed by atoms with Gasteiger partial charge in [-0.25, -0.2) is 4.68 Å². The van der Waals surface area contributed by atoms with Crippen molar-refractivity contribution in [3.8, 4) is 0 Å². The molecule has 1 rings (SSSR count). The van der Waals surface area contributed by atoms with Gasteiger partial charge in [-0.1, -0.05) is 25.4 Å². The molecule has 0 radical (unpaired) electrons. The lowest BCUT2D eigenvalue weighted by Gasteiger charge is -1.97. The van der Waals surface area contributed by atoms with E-state index in [0.29, 0.717) is 0 Å². The molecule has 0 aliphatic rings. The molecule has 88 valence electrons. The third kappa shape index (κ3) is 2.30. The summed E-state index contributed by atoms with van der Waals surface area (Å²) in [5.41, 5.74) is -0.130. The van der Waals surface area contributed by atoms with Gasteiger partial charge in [-0.05, 0) is 0 Å². The molecule has 1 N–H and O–H groups in total. The predicted octanol–water partition coefficient (Wildman–Crippen LogP) is 1.65. The molecule has 0 amide bonds. The molecule has 0 fully saturated rings. The number of nitrogens with zero attached hydrogens (tertiary/aromatic N) is 3. The first-order chi connectivity index (χ1) is 7.34. The van der Waals surface area contributed by atoms with Crippen LogP contribution in [0.25, 0.3) is 0 Å². The van der Waals surface area contributed by atoms with Gasteiger partial charge in [0.1, 0.15) is 12.2 Å². The van der Waals surface area contributed by atoms with Crippen LogP contribution >= 0.6 is 11.6 Å². The lowest BCUT2D eigenvalue weighted by Crippen LogP contribution is -2.10. The second-order valence-corrected chi connectivity index (χ2v) is 3.85. The van der Waals surface area contributed by atoms with Crippen molar-refractivity contribution in [3.05, 3.63) is 21.0 Å². The highest BCUT2D eigenvalue weighted by molar-refractivity contribution is 6.31. The maximum atomic E-state index is 10.8. The highest BCUT2D eigenvalue weighted by atomic mass is 35.5. The topological polar surface area (TPSA) is 98.3 Å². The van der Waals surface area contributed by atoms with E-state index in [4.69, 9.17) is 16.7 Å². The van der Waals surface area contributed by atoms with Gasteiger partial charge in [-0.15, -0.1) is 0 Å². The Bertz CT molecular complexity index is 441. The molecule has 0 spiro atoms. The van der Waals surface area contributed by atoms with Gasteiger partial charge in [-0.2, -0.15) is 5.10 Å². The molecule has 0 bridgehead atoms. The Kier molecular flexibility index (Phi) is 3.48. The van der Waals surface area contributed by atoms with Crippen molar-refractivity contribution in [2.75, 3.05) is 0 Å². The zero-order valence-corrected chi connectivity index (χ0v) is 9.43. The number of hydrogen-bond donors (Lipinski definition) is 1.